The van der Waals surface area contributed by atoms with Crippen molar-refractivity contribution in [3.8, 4) is 12.3 Å². The first-order valence-electron chi connectivity index (χ1n) is 7.15. The summed E-state index contributed by atoms with van der Waals surface area (Å²) in [6.45, 7) is -0.219. The molecule has 5 nitrogen and oxygen atoms in total. The van der Waals surface area contributed by atoms with Crippen LogP contribution in [0.15, 0.2) is 53.4 Å². The van der Waals surface area contributed by atoms with Crippen LogP contribution in [0.3, 0.4) is 0 Å². The Bertz CT molecular complexity index is 964. The second-order valence-corrected chi connectivity index (χ2v) is 6.86. The molecule has 0 saturated carbocycles. The summed E-state index contributed by atoms with van der Waals surface area (Å²) in [4.78, 5) is 12.0. The zero-order valence-corrected chi connectivity index (χ0v) is 14.0. The lowest BCUT2D eigenvalue weighted by Crippen LogP contribution is -2.24. The lowest BCUT2D eigenvalue weighted by atomic mass is 10.1. The zero-order valence-electron chi connectivity index (χ0n) is 13.2. The van der Waals surface area contributed by atoms with Gasteiger partial charge in [-0.25, -0.2) is 8.42 Å². The van der Waals surface area contributed by atoms with Gasteiger partial charge >= 0.3 is 6.18 Å². The van der Waals surface area contributed by atoms with E-state index in [1.165, 1.54) is 24.3 Å². The molecule has 0 saturated heterocycles. The number of sulfonamides is 1. The van der Waals surface area contributed by atoms with E-state index in [9.17, 15) is 26.4 Å². The van der Waals surface area contributed by atoms with Crippen molar-refractivity contribution in [2.24, 2.45) is 0 Å². The van der Waals surface area contributed by atoms with E-state index in [1.807, 2.05) is 0 Å². The van der Waals surface area contributed by atoms with Gasteiger partial charge in [-0.2, -0.15) is 17.9 Å². The van der Waals surface area contributed by atoms with Gasteiger partial charge in [0.15, 0.2) is 0 Å². The molecule has 0 unspecified atom stereocenters. The minimum absolute atomic E-state index is 0.0361. The highest BCUT2D eigenvalue weighted by Crippen LogP contribution is 2.30. The second-order valence-electron chi connectivity index (χ2n) is 5.09. The monoisotopic (exact) mass is 382 g/mol. The van der Waals surface area contributed by atoms with Crippen LogP contribution < -0.4 is 10.0 Å². The van der Waals surface area contributed by atoms with Crippen LogP contribution in [-0.4, -0.2) is 20.9 Å². The van der Waals surface area contributed by atoms with Gasteiger partial charge in [0.05, 0.1) is 17.0 Å². The maximum absolute atomic E-state index is 12.7. The van der Waals surface area contributed by atoms with Gasteiger partial charge in [0, 0.05) is 11.3 Å². The van der Waals surface area contributed by atoms with Crippen LogP contribution in [0.1, 0.15) is 15.9 Å². The first-order chi connectivity index (χ1) is 12.1. The highest BCUT2D eigenvalue weighted by Gasteiger charge is 2.30. The van der Waals surface area contributed by atoms with Crippen LogP contribution in [0, 0.1) is 12.3 Å². The molecule has 2 N–H and O–H groups in total. The number of nitrogens with one attached hydrogen (secondary N) is 2. The number of amides is 1. The fourth-order valence-electron chi connectivity index (χ4n) is 2.00. The highest BCUT2D eigenvalue weighted by atomic mass is 32.2. The quantitative estimate of drug-likeness (QED) is 0.781. The molecule has 0 aliphatic heterocycles. The Morgan fingerprint density at radius 1 is 1.12 bits per heavy atom. The largest absolute Gasteiger partial charge is 0.416 e. The molecule has 136 valence electrons. The predicted molar refractivity (Wildman–Crippen MR) is 89.9 cm³/mol. The van der Waals surface area contributed by atoms with E-state index in [0.717, 1.165) is 24.3 Å². The zero-order chi connectivity index (χ0) is 19.4. The van der Waals surface area contributed by atoms with Crippen molar-refractivity contribution in [2.45, 2.75) is 11.1 Å². The topological polar surface area (TPSA) is 75.3 Å². The summed E-state index contributed by atoms with van der Waals surface area (Å²) in [5.41, 5.74) is -1.01. The average molecular weight is 382 g/mol. The van der Waals surface area contributed by atoms with Crippen LogP contribution in [0.5, 0.6) is 0 Å². The number of halogens is 3. The third-order valence-electron chi connectivity index (χ3n) is 3.22. The Morgan fingerprint density at radius 3 is 2.46 bits per heavy atom. The number of rotatable bonds is 5. The van der Waals surface area contributed by atoms with E-state index >= 15 is 0 Å². The molecule has 0 radical (unpaired) electrons. The summed E-state index contributed by atoms with van der Waals surface area (Å²) in [5, 5.41) is 2.31. The maximum Gasteiger partial charge on any atom is 0.416 e. The third-order valence-corrected chi connectivity index (χ3v) is 4.62. The molecule has 2 aromatic rings. The Labute approximate surface area is 148 Å². The predicted octanol–water partition coefficient (Wildman–Crippen LogP) is 2.87. The lowest BCUT2D eigenvalue weighted by Gasteiger charge is -2.10. The summed E-state index contributed by atoms with van der Waals surface area (Å²) >= 11 is 0. The van der Waals surface area contributed by atoms with E-state index in [0.29, 0.717) is 0 Å². The minimum atomic E-state index is -4.54. The van der Waals surface area contributed by atoms with Crippen molar-refractivity contribution < 1.29 is 26.4 Å². The van der Waals surface area contributed by atoms with Crippen LogP contribution in [0.25, 0.3) is 0 Å². The molecule has 26 heavy (non-hydrogen) atoms. The van der Waals surface area contributed by atoms with Gasteiger partial charge < -0.3 is 5.32 Å². The lowest BCUT2D eigenvalue weighted by molar-refractivity contribution is -0.137. The van der Waals surface area contributed by atoms with Gasteiger partial charge in [-0.05, 0) is 36.4 Å². The van der Waals surface area contributed by atoms with E-state index in [1.54, 1.807) is 0 Å². The van der Waals surface area contributed by atoms with Gasteiger partial charge in [-0.1, -0.05) is 18.1 Å². The molecule has 0 bridgehead atoms. The van der Waals surface area contributed by atoms with Crippen LogP contribution >= 0.6 is 0 Å². The SMILES string of the molecule is C#CCNS(=O)(=O)c1cccc(C(=O)Nc2cccc(C(F)(F)F)c2)c1. The first kappa shape index (κ1) is 19.5. The van der Waals surface area contributed by atoms with Crippen molar-refractivity contribution in [1.29, 1.82) is 0 Å². The standard InChI is InChI=1S/C17H13F3N2O3S/c1-2-9-21-26(24,25)15-8-3-5-12(10-15)16(23)22-14-7-4-6-13(11-14)17(18,19)20/h1,3-8,10-11,21H,9H2,(H,22,23). The summed E-state index contributed by atoms with van der Waals surface area (Å²) in [6.07, 6.45) is 0.455. The molecule has 0 aliphatic carbocycles. The van der Waals surface area contributed by atoms with Gasteiger partial charge in [-0.15, -0.1) is 6.42 Å². The highest BCUT2D eigenvalue weighted by molar-refractivity contribution is 7.89. The van der Waals surface area contributed by atoms with E-state index in [4.69, 9.17) is 6.42 Å². The van der Waals surface area contributed by atoms with Gasteiger partial charge in [0.25, 0.3) is 5.91 Å². The molecule has 0 spiro atoms. The minimum Gasteiger partial charge on any atom is -0.322 e. The normalized spacial score (nSPS) is 11.6. The molecule has 0 fully saturated rings. The fraction of sp³-hybridized carbons (Fsp3) is 0.118. The van der Waals surface area contributed by atoms with E-state index < -0.39 is 27.7 Å². The summed E-state index contributed by atoms with van der Waals surface area (Å²) in [5.74, 6) is 1.37. The molecule has 2 aromatic carbocycles. The molecule has 0 aliphatic rings. The van der Waals surface area contributed by atoms with Gasteiger partial charge in [-0.3, -0.25) is 4.79 Å². The van der Waals surface area contributed by atoms with E-state index in [-0.39, 0.29) is 22.7 Å². The van der Waals surface area contributed by atoms with Gasteiger partial charge in [0.2, 0.25) is 10.0 Å². The molecule has 2 rings (SSSR count). The molecule has 0 heterocycles. The van der Waals surface area contributed by atoms with Crippen molar-refractivity contribution in [3.05, 3.63) is 59.7 Å². The Balaban J connectivity index is 2.24. The van der Waals surface area contributed by atoms with Crippen molar-refractivity contribution >= 4 is 21.6 Å². The number of hydrogen-bond donors (Lipinski definition) is 2. The number of anilines is 1. The Kier molecular flexibility index (Phi) is 5.69. The summed E-state index contributed by atoms with van der Waals surface area (Å²) in [7, 11) is -3.90. The number of alkyl halides is 3. The van der Waals surface area contributed by atoms with Crippen molar-refractivity contribution in [2.75, 3.05) is 11.9 Å². The van der Waals surface area contributed by atoms with Crippen molar-refractivity contribution in [3.63, 3.8) is 0 Å². The summed E-state index contributed by atoms with van der Waals surface area (Å²) in [6, 6.07) is 9.15. The number of terminal acetylenes is 1. The molecule has 9 heteroatoms. The molecule has 0 aromatic heterocycles. The number of carbonyl (C=O) groups is 1. The third kappa shape index (κ3) is 4.84. The Morgan fingerprint density at radius 2 is 1.81 bits per heavy atom. The van der Waals surface area contributed by atoms with Crippen molar-refractivity contribution in [1.82, 2.24) is 4.72 Å². The van der Waals surface area contributed by atoms with Crippen LogP contribution in [-0.2, 0) is 16.2 Å². The molecule has 1 amide bonds. The number of benzene rings is 2. The van der Waals surface area contributed by atoms with Gasteiger partial charge in [0.1, 0.15) is 0 Å². The first-order valence-corrected chi connectivity index (χ1v) is 8.63. The van der Waals surface area contributed by atoms with E-state index in [2.05, 4.69) is 16.0 Å². The number of carbonyl (C=O) groups excluding carboxylic acids is 1. The smallest absolute Gasteiger partial charge is 0.322 e. The fourth-order valence-corrected chi connectivity index (χ4v) is 2.98. The second kappa shape index (κ2) is 7.59. The molecular weight excluding hydrogens is 369 g/mol. The van der Waals surface area contributed by atoms with Crippen LogP contribution in [0.4, 0.5) is 18.9 Å². The average Bonchev–Trinajstić information content (AvgIpc) is 2.59. The molecular formula is C17H13F3N2O3S. The molecule has 0 atom stereocenters. The maximum atomic E-state index is 12.7. The summed E-state index contributed by atoms with van der Waals surface area (Å²) < 4.78 is 64.3. The Hall–Kier alpha value is -2.83. The number of hydrogen-bond acceptors (Lipinski definition) is 3. The van der Waals surface area contributed by atoms with Crippen LogP contribution in [0.2, 0.25) is 0 Å².